The lowest BCUT2D eigenvalue weighted by atomic mass is 9.84. The molecule has 4 nitrogen and oxygen atoms in total. The Hall–Kier alpha value is -0.0400. The van der Waals surface area contributed by atoms with E-state index >= 15 is 0 Å². The molecule has 0 saturated carbocycles. The van der Waals surface area contributed by atoms with E-state index in [0.717, 1.165) is 38.6 Å². The molecule has 0 radical (unpaired) electrons. The van der Waals surface area contributed by atoms with Gasteiger partial charge in [-0.25, -0.2) is 0 Å². The summed E-state index contributed by atoms with van der Waals surface area (Å²) in [4.78, 5) is 6.99. The van der Waals surface area contributed by atoms with Crippen LogP contribution in [-0.2, 0) is 0 Å². The monoisotopic (exact) mass is 366 g/mol. The van der Waals surface area contributed by atoms with Gasteiger partial charge < -0.3 is 15.5 Å². The summed E-state index contributed by atoms with van der Waals surface area (Å²) in [5.74, 6) is 0.993. The van der Waals surface area contributed by atoms with Gasteiger partial charge in [0, 0.05) is 32.7 Å². The highest BCUT2D eigenvalue weighted by atomic mass is 127. The first kappa shape index (κ1) is 16.0. The third-order valence-corrected chi connectivity index (χ3v) is 3.60. The Morgan fingerprint density at radius 1 is 1.39 bits per heavy atom. The number of guanidine groups is 1. The van der Waals surface area contributed by atoms with Crippen LogP contribution < -0.4 is 10.6 Å². The summed E-state index contributed by atoms with van der Waals surface area (Å²) in [7, 11) is 0. The summed E-state index contributed by atoms with van der Waals surface area (Å²) in [5.41, 5.74) is 0.499. The molecule has 2 aliphatic rings. The van der Waals surface area contributed by atoms with Crippen LogP contribution in [0.3, 0.4) is 0 Å². The fraction of sp³-hybridized carbons (Fsp3) is 0.923. The molecule has 1 fully saturated rings. The molecule has 106 valence electrons. The minimum atomic E-state index is 0. The van der Waals surface area contributed by atoms with Crippen LogP contribution in [0.1, 0.15) is 33.1 Å². The number of hydrogen-bond donors (Lipinski definition) is 2. The highest BCUT2D eigenvalue weighted by molar-refractivity contribution is 14.0. The number of rotatable bonds is 3. The van der Waals surface area contributed by atoms with E-state index in [1.807, 2.05) is 0 Å². The summed E-state index contributed by atoms with van der Waals surface area (Å²) >= 11 is 0. The highest BCUT2D eigenvalue weighted by Crippen LogP contribution is 2.27. The minimum absolute atomic E-state index is 0. The molecular weight excluding hydrogens is 339 g/mol. The minimum Gasteiger partial charge on any atom is -0.356 e. The zero-order valence-corrected chi connectivity index (χ0v) is 14.0. The van der Waals surface area contributed by atoms with Crippen molar-refractivity contribution in [3.05, 3.63) is 0 Å². The second kappa shape index (κ2) is 7.53. The third-order valence-electron chi connectivity index (χ3n) is 3.60. The molecule has 0 unspecified atom stereocenters. The highest BCUT2D eigenvalue weighted by Gasteiger charge is 2.25. The standard InChI is InChI=1S/C13H26N4.HI/c1-13(2)5-3-9-17(11-13)10-8-16-12-14-6-4-7-15-12;/h3-11H2,1-2H3,(H2,14,15,16);1H. The van der Waals surface area contributed by atoms with Crippen LogP contribution in [0.15, 0.2) is 4.99 Å². The summed E-state index contributed by atoms with van der Waals surface area (Å²) in [6.45, 7) is 11.4. The van der Waals surface area contributed by atoms with Gasteiger partial charge in [0.2, 0.25) is 0 Å². The SMILES string of the molecule is CC1(C)CCCN(CCNC2=NCCCN2)C1.I. The molecule has 0 aromatic heterocycles. The van der Waals surface area contributed by atoms with Crippen molar-refractivity contribution in [2.75, 3.05) is 39.3 Å². The van der Waals surface area contributed by atoms with Gasteiger partial charge in [-0.05, 0) is 31.2 Å². The predicted octanol–water partition coefficient (Wildman–Crippen LogP) is 1.67. The fourth-order valence-electron chi connectivity index (χ4n) is 2.72. The molecule has 2 N–H and O–H groups in total. The smallest absolute Gasteiger partial charge is 0.191 e. The van der Waals surface area contributed by atoms with Gasteiger partial charge in [-0.1, -0.05) is 13.8 Å². The maximum absolute atomic E-state index is 4.42. The average Bonchev–Trinajstić information content (AvgIpc) is 2.29. The number of nitrogens with zero attached hydrogens (tertiary/aromatic N) is 2. The van der Waals surface area contributed by atoms with Gasteiger partial charge in [-0.2, -0.15) is 0 Å². The van der Waals surface area contributed by atoms with Crippen molar-refractivity contribution in [3.8, 4) is 0 Å². The molecule has 2 rings (SSSR count). The van der Waals surface area contributed by atoms with E-state index in [0.29, 0.717) is 5.41 Å². The van der Waals surface area contributed by atoms with Gasteiger partial charge in [0.15, 0.2) is 5.96 Å². The number of piperidine rings is 1. The largest absolute Gasteiger partial charge is 0.356 e. The lowest BCUT2D eigenvalue weighted by Gasteiger charge is -2.38. The second-order valence-corrected chi connectivity index (χ2v) is 5.98. The Labute approximate surface area is 128 Å². The topological polar surface area (TPSA) is 39.7 Å². The van der Waals surface area contributed by atoms with Crippen molar-refractivity contribution in [3.63, 3.8) is 0 Å². The van der Waals surface area contributed by atoms with E-state index in [1.165, 1.54) is 25.9 Å². The van der Waals surface area contributed by atoms with E-state index in [2.05, 4.69) is 34.4 Å². The summed E-state index contributed by atoms with van der Waals surface area (Å²) in [6.07, 6.45) is 3.86. The van der Waals surface area contributed by atoms with Gasteiger partial charge in [0.25, 0.3) is 0 Å². The number of halogens is 1. The Balaban J connectivity index is 0.00000162. The van der Waals surface area contributed by atoms with Gasteiger partial charge in [-0.3, -0.25) is 4.99 Å². The first-order valence-electron chi connectivity index (χ1n) is 6.90. The lowest BCUT2D eigenvalue weighted by Crippen LogP contribution is -2.46. The van der Waals surface area contributed by atoms with Crippen LogP contribution in [0.4, 0.5) is 0 Å². The number of nitrogens with one attached hydrogen (secondary N) is 2. The first-order chi connectivity index (χ1) is 8.16. The third kappa shape index (κ3) is 5.30. The molecule has 2 aliphatic heterocycles. The molecule has 2 heterocycles. The molecule has 0 bridgehead atoms. The average molecular weight is 366 g/mol. The van der Waals surface area contributed by atoms with Crippen LogP contribution in [0.2, 0.25) is 0 Å². The Morgan fingerprint density at radius 3 is 2.89 bits per heavy atom. The summed E-state index contributed by atoms with van der Waals surface area (Å²) in [6, 6.07) is 0. The molecule has 5 heteroatoms. The second-order valence-electron chi connectivity index (χ2n) is 5.98. The molecule has 0 atom stereocenters. The van der Waals surface area contributed by atoms with Crippen LogP contribution in [-0.4, -0.2) is 50.1 Å². The van der Waals surface area contributed by atoms with Crippen molar-refractivity contribution in [2.45, 2.75) is 33.1 Å². The molecule has 0 aromatic carbocycles. The molecule has 0 aromatic rings. The summed E-state index contributed by atoms with van der Waals surface area (Å²) in [5, 5.41) is 6.69. The number of aliphatic imine (C=N–C) groups is 1. The normalized spacial score (nSPS) is 23.6. The summed E-state index contributed by atoms with van der Waals surface area (Å²) < 4.78 is 0. The quantitative estimate of drug-likeness (QED) is 0.747. The molecular formula is C13H27IN4. The van der Waals surface area contributed by atoms with Gasteiger partial charge >= 0.3 is 0 Å². The number of likely N-dealkylation sites (tertiary alicyclic amines) is 1. The van der Waals surface area contributed by atoms with Crippen LogP contribution >= 0.6 is 24.0 Å². The van der Waals surface area contributed by atoms with E-state index in [9.17, 15) is 0 Å². The van der Waals surface area contributed by atoms with Crippen molar-refractivity contribution in [2.24, 2.45) is 10.4 Å². The molecule has 0 amide bonds. The molecule has 0 aliphatic carbocycles. The van der Waals surface area contributed by atoms with Crippen molar-refractivity contribution >= 4 is 29.9 Å². The zero-order valence-electron chi connectivity index (χ0n) is 11.7. The van der Waals surface area contributed by atoms with Gasteiger partial charge in [-0.15, -0.1) is 24.0 Å². The van der Waals surface area contributed by atoms with Crippen molar-refractivity contribution < 1.29 is 0 Å². The molecule has 18 heavy (non-hydrogen) atoms. The first-order valence-corrected chi connectivity index (χ1v) is 6.90. The van der Waals surface area contributed by atoms with Crippen LogP contribution in [0, 0.1) is 5.41 Å². The van der Waals surface area contributed by atoms with E-state index in [1.54, 1.807) is 0 Å². The van der Waals surface area contributed by atoms with E-state index in [4.69, 9.17) is 0 Å². The Morgan fingerprint density at radius 2 is 2.22 bits per heavy atom. The van der Waals surface area contributed by atoms with Gasteiger partial charge in [0.1, 0.15) is 0 Å². The molecule has 0 spiro atoms. The maximum Gasteiger partial charge on any atom is 0.191 e. The van der Waals surface area contributed by atoms with Gasteiger partial charge in [0.05, 0.1) is 0 Å². The van der Waals surface area contributed by atoms with E-state index in [-0.39, 0.29) is 24.0 Å². The molecule has 1 saturated heterocycles. The van der Waals surface area contributed by atoms with Crippen LogP contribution in [0.5, 0.6) is 0 Å². The fourth-order valence-corrected chi connectivity index (χ4v) is 2.72. The van der Waals surface area contributed by atoms with Crippen molar-refractivity contribution in [1.82, 2.24) is 15.5 Å². The zero-order chi connectivity index (χ0) is 12.1. The maximum atomic E-state index is 4.42. The lowest BCUT2D eigenvalue weighted by molar-refractivity contribution is 0.120. The van der Waals surface area contributed by atoms with Crippen LogP contribution in [0.25, 0.3) is 0 Å². The predicted molar refractivity (Wildman–Crippen MR) is 87.8 cm³/mol. The number of hydrogen-bond acceptors (Lipinski definition) is 4. The Bertz CT molecular complexity index is 278. The van der Waals surface area contributed by atoms with Crippen molar-refractivity contribution in [1.29, 1.82) is 0 Å². The Kier molecular flexibility index (Phi) is 6.70. The van der Waals surface area contributed by atoms with E-state index < -0.39 is 0 Å².